The van der Waals surface area contributed by atoms with Crippen LogP contribution in [-0.2, 0) is 6.61 Å². The Bertz CT molecular complexity index is 900. The average molecular weight is 302 g/mol. The van der Waals surface area contributed by atoms with Crippen molar-refractivity contribution in [1.29, 1.82) is 0 Å². The van der Waals surface area contributed by atoms with Gasteiger partial charge in [0.05, 0.1) is 0 Å². The summed E-state index contributed by atoms with van der Waals surface area (Å²) in [6.45, 7) is 1.87. The lowest BCUT2D eigenvalue weighted by Gasteiger charge is -2.09. The zero-order valence-electron chi connectivity index (χ0n) is 11.7. The van der Waals surface area contributed by atoms with Crippen LogP contribution in [-0.4, -0.2) is 0 Å². The molecule has 0 amide bonds. The Hall–Kier alpha value is -2.69. The molecule has 0 aliphatic carbocycles. The van der Waals surface area contributed by atoms with Gasteiger partial charge in [-0.25, -0.2) is 13.6 Å². The Kier molecular flexibility index (Phi) is 3.63. The maximum Gasteiger partial charge on any atom is 0.336 e. The van der Waals surface area contributed by atoms with E-state index < -0.39 is 17.3 Å². The molecule has 3 rings (SSSR count). The van der Waals surface area contributed by atoms with Gasteiger partial charge in [0.25, 0.3) is 0 Å². The zero-order chi connectivity index (χ0) is 15.7. The summed E-state index contributed by atoms with van der Waals surface area (Å²) in [6.07, 6.45) is 0. The summed E-state index contributed by atoms with van der Waals surface area (Å²) in [5.74, 6) is -1.54. The van der Waals surface area contributed by atoms with Gasteiger partial charge in [0, 0.05) is 23.1 Å². The maximum absolute atomic E-state index is 13.6. The number of aryl methyl sites for hydroxylation is 1. The predicted octanol–water partition coefficient (Wildman–Crippen LogP) is 3.96. The molecular formula is C17H12F2O3. The van der Waals surface area contributed by atoms with Gasteiger partial charge in [-0.3, -0.25) is 0 Å². The second kappa shape index (κ2) is 5.60. The molecule has 22 heavy (non-hydrogen) atoms. The van der Waals surface area contributed by atoms with Crippen LogP contribution in [0.4, 0.5) is 8.78 Å². The first-order chi connectivity index (χ1) is 10.5. The highest BCUT2D eigenvalue weighted by molar-refractivity contribution is 5.80. The normalized spacial score (nSPS) is 10.9. The second-order valence-electron chi connectivity index (χ2n) is 4.95. The number of benzene rings is 2. The molecule has 0 aliphatic rings. The van der Waals surface area contributed by atoms with E-state index in [0.29, 0.717) is 16.5 Å². The van der Waals surface area contributed by atoms with E-state index in [-0.39, 0.29) is 12.4 Å². The van der Waals surface area contributed by atoms with E-state index in [9.17, 15) is 13.6 Å². The van der Waals surface area contributed by atoms with Gasteiger partial charge in [-0.15, -0.1) is 0 Å². The van der Waals surface area contributed by atoms with Crippen molar-refractivity contribution in [2.24, 2.45) is 0 Å². The molecule has 112 valence electrons. The zero-order valence-corrected chi connectivity index (χ0v) is 11.7. The van der Waals surface area contributed by atoms with Crippen LogP contribution in [0, 0.1) is 18.6 Å². The van der Waals surface area contributed by atoms with Gasteiger partial charge in [0.1, 0.15) is 18.0 Å². The predicted molar refractivity (Wildman–Crippen MR) is 77.9 cm³/mol. The van der Waals surface area contributed by atoms with Crippen molar-refractivity contribution in [3.8, 4) is 5.75 Å². The van der Waals surface area contributed by atoms with Gasteiger partial charge in [-0.05, 0) is 30.7 Å². The van der Waals surface area contributed by atoms with Crippen molar-refractivity contribution in [1.82, 2.24) is 0 Å². The fourth-order valence-electron chi connectivity index (χ4n) is 2.20. The monoisotopic (exact) mass is 302 g/mol. The molecule has 1 heterocycles. The molecule has 0 N–H and O–H groups in total. The highest BCUT2D eigenvalue weighted by Gasteiger charge is 2.09. The highest BCUT2D eigenvalue weighted by Crippen LogP contribution is 2.22. The van der Waals surface area contributed by atoms with Gasteiger partial charge in [-0.2, -0.15) is 0 Å². The van der Waals surface area contributed by atoms with Gasteiger partial charge in [0.2, 0.25) is 0 Å². The standard InChI is InChI=1S/C17H12F2O3/c1-10-2-4-13-11(7-17(20)22-16(13)6-10)9-21-15-5-3-12(18)8-14(15)19/h2-8H,9H2,1H3. The van der Waals surface area contributed by atoms with Crippen molar-refractivity contribution < 1.29 is 17.9 Å². The summed E-state index contributed by atoms with van der Waals surface area (Å²) >= 11 is 0. The van der Waals surface area contributed by atoms with E-state index in [4.69, 9.17) is 9.15 Å². The van der Waals surface area contributed by atoms with Crippen molar-refractivity contribution >= 4 is 11.0 Å². The van der Waals surface area contributed by atoms with E-state index >= 15 is 0 Å². The third-order valence-corrected chi connectivity index (χ3v) is 3.26. The molecule has 2 aromatic carbocycles. The molecule has 0 saturated heterocycles. The van der Waals surface area contributed by atoms with Crippen LogP contribution in [0.25, 0.3) is 11.0 Å². The van der Waals surface area contributed by atoms with Crippen molar-refractivity contribution in [3.05, 3.63) is 75.6 Å². The summed E-state index contributed by atoms with van der Waals surface area (Å²) in [5.41, 5.74) is 1.48. The fourth-order valence-corrected chi connectivity index (χ4v) is 2.20. The highest BCUT2D eigenvalue weighted by atomic mass is 19.1. The molecule has 0 aliphatic heterocycles. The van der Waals surface area contributed by atoms with Gasteiger partial charge in [0.15, 0.2) is 11.6 Å². The van der Waals surface area contributed by atoms with Crippen LogP contribution < -0.4 is 10.4 Å². The van der Waals surface area contributed by atoms with Crippen molar-refractivity contribution in [2.75, 3.05) is 0 Å². The number of fused-ring (bicyclic) bond motifs is 1. The van der Waals surface area contributed by atoms with Crippen molar-refractivity contribution in [3.63, 3.8) is 0 Å². The Morgan fingerprint density at radius 1 is 1.09 bits per heavy atom. The number of hydrogen-bond acceptors (Lipinski definition) is 3. The molecule has 0 fully saturated rings. The molecule has 3 aromatic rings. The molecular weight excluding hydrogens is 290 g/mol. The van der Waals surface area contributed by atoms with Gasteiger partial charge < -0.3 is 9.15 Å². The van der Waals surface area contributed by atoms with E-state index in [1.807, 2.05) is 19.1 Å². The fraction of sp³-hybridized carbons (Fsp3) is 0.118. The number of ether oxygens (including phenoxy) is 1. The van der Waals surface area contributed by atoms with Crippen LogP contribution in [0.15, 0.2) is 51.7 Å². The van der Waals surface area contributed by atoms with Crippen molar-refractivity contribution in [2.45, 2.75) is 13.5 Å². The lowest BCUT2D eigenvalue weighted by Crippen LogP contribution is -2.05. The van der Waals surface area contributed by atoms with E-state index in [1.54, 1.807) is 6.07 Å². The quantitative estimate of drug-likeness (QED) is 0.687. The second-order valence-corrected chi connectivity index (χ2v) is 4.95. The van der Waals surface area contributed by atoms with Crippen LogP contribution in [0.2, 0.25) is 0 Å². The molecule has 5 heteroatoms. The average Bonchev–Trinajstić information content (AvgIpc) is 2.45. The maximum atomic E-state index is 13.6. The molecule has 0 radical (unpaired) electrons. The van der Waals surface area contributed by atoms with E-state index in [2.05, 4.69) is 0 Å². The molecule has 1 aromatic heterocycles. The first-order valence-electron chi connectivity index (χ1n) is 6.64. The minimum absolute atomic E-state index is 0.0201. The Morgan fingerprint density at radius 3 is 2.68 bits per heavy atom. The first-order valence-corrected chi connectivity index (χ1v) is 6.64. The summed E-state index contributed by atoms with van der Waals surface area (Å²) in [7, 11) is 0. The largest absolute Gasteiger partial charge is 0.486 e. The smallest absolute Gasteiger partial charge is 0.336 e. The van der Waals surface area contributed by atoms with Crippen LogP contribution in [0.3, 0.4) is 0 Å². The third kappa shape index (κ3) is 2.83. The van der Waals surface area contributed by atoms with Gasteiger partial charge >= 0.3 is 5.63 Å². The minimum Gasteiger partial charge on any atom is -0.486 e. The van der Waals surface area contributed by atoms with E-state index in [0.717, 1.165) is 17.7 Å². The lowest BCUT2D eigenvalue weighted by atomic mass is 10.1. The minimum atomic E-state index is -0.789. The Balaban J connectivity index is 1.95. The SMILES string of the molecule is Cc1ccc2c(COc3ccc(F)cc3F)cc(=O)oc2c1. The first kappa shape index (κ1) is 14.3. The molecule has 0 atom stereocenters. The molecule has 0 bridgehead atoms. The number of hydrogen-bond donors (Lipinski definition) is 0. The summed E-state index contributed by atoms with van der Waals surface area (Å²) < 4.78 is 36.9. The molecule has 0 spiro atoms. The number of rotatable bonds is 3. The Morgan fingerprint density at radius 2 is 1.91 bits per heavy atom. The van der Waals surface area contributed by atoms with Gasteiger partial charge in [-0.1, -0.05) is 12.1 Å². The lowest BCUT2D eigenvalue weighted by molar-refractivity contribution is 0.290. The summed E-state index contributed by atoms with van der Waals surface area (Å²) in [6, 6.07) is 9.81. The molecule has 0 unspecified atom stereocenters. The van der Waals surface area contributed by atoms with E-state index in [1.165, 1.54) is 12.1 Å². The third-order valence-electron chi connectivity index (χ3n) is 3.26. The summed E-state index contributed by atoms with van der Waals surface area (Å²) in [5, 5.41) is 0.715. The molecule has 0 saturated carbocycles. The van der Waals surface area contributed by atoms with Crippen LogP contribution >= 0.6 is 0 Å². The van der Waals surface area contributed by atoms with Crippen LogP contribution in [0.5, 0.6) is 5.75 Å². The Labute approximate surface area is 124 Å². The molecule has 3 nitrogen and oxygen atoms in total. The van der Waals surface area contributed by atoms with Crippen LogP contribution in [0.1, 0.15) is 11.1 Å². The topological polar surface area (TPSA) is 39.4 Å². The number of halogens is 2. The summed E-state index contributed by atoms with van der Waals surface area (Å²) in [4.78, 5) is 11.6.